The van der Waals surface area contributed by atoms with E-state index in [9.17, 15) is 4.79 Å². The number of hydrogen-bond donors (Lipinski definition) is 2. The monoisotopic (exact) mass is 187 g/mol. The third-order valence-corrected chi connectivity index (χ3v) is 1.89. The Morgan fingerprint density at radius 3 is 3.14 bits per heavy atom. The molecular formula is C10H9N3O. The molecule has 0 aliphatic carbocycles. The van der Waals surface area contributed by atoms with E-state index in [0.717, 1.165) is 16.6 Å². The fraction of sp³-hybridized carbons (Fsp3) is 0. The lowest BCUT2D eigenvalue weighted by atomic mass is 10.2. The van der Waals surface area contributed by atoms with Gasteiger partial charge in [-0.1, -0.05) is 6.07 Å². The van der Waals surface area contributed by atoms with Crippen LogP contribution < -0.4 is 5.73 Å². The van der Waals surface area contributed by atoms with Crippen LogP contribution in [0.1, 0.15) is 5.56 Å². The minimum atomic E-state index is -0.452. The number of aromatic nitrogens is 2. The van der Waals surface area contributed by atoms with Crippen LogP contribution in [-0.2, 0) is 4.79 Å². The van der Waals surface area contributed by atoms with Gasteiger partial charge in [0.15, 0.2) is 0 Å². The Morgan fingerprint density at radius 1 is 1.50 bits per heavy atom. The van der Waals surface area contributed by atoms with Crippen LogP contribution in [-0.4, -0.2) is 15.9 Å². The summed E-state index contributed by atoms with van der Waals surface area (Å²) in [6.45, 7) is 0. The summed E-state index contributed by atoms with van der Waals surface area (Å²) in [4.78, 5) is 17.6. The second-order valence-corrected chi connectivity index (χ2v) is 2.91. The molecule has 2 rings (SSSR count). The lowest BCUT2D eigenvalue weighted by Crippen LogP contribution is -2.04. The predicted molar refractivity (Wildman–Crippen MR) is 54.3 cm³/mol. The molecule has 0 atom stereocenters. The SMILES string of the molecule is NC(=O)C=Cc1ccc2[nH]cnc2c1. The number of aromatic amines is 1. The van der Waals surface area contributed by atoms with Gasteiger partial charge in [0.2, 0.25) is 5.91 Å². The number of nitrogens with one attached hydrogen (secondary N) is 1. The van der Waals surface area contributed by atoms with E-state index >= 15 is 0 Å². The number of imidazole rings is 1. The highest BCUT2D eigenvalue weighted by Crippen LogP contribution is 2.12. The summed E-state index contributed by atoms with van der Waals surface area (Å²) in [7, 11) is 0. The third-order valence-electron chi connectivity index (χ3n) is 1.89. The van der Waals surface area contributed by atoms with E-state index in [1.165, 1.54) is 6.08 Å². The Labute approximate surface area is 80.4 Å². The van der Waals surface area contributed by atoms with Gasteiger partial charge in [0, 0.05) is 6.08 Å². The minimum Gasteiger partial charge on any atom is -0.366 e. The summed E-state index contributed by atoms with van der Waals surface area (Å²) in [6, 6.07) is 5.67. The van der Waals surface area contributed by atoms with Gasteiger partial charge in [-0.2, -0.15) is 0 Å². The molecule has 0 unspecified atom stereocenters. The molecule has 0 aliphatic heterocycles. The molecule has 70 valence electrons. The van der Waals surface area contributed by atoms with Crippen molar-refractivity contribution in [3.63, 3.8) is 0 Å². The van der Waals surface area contributed by atoms with Crippen LogP contribution in [0.4, 0.5) is 0 Å². The van der Waals surface area contributed by atoms with Crippen LogP contribution in [0, 0.1) is 0 Å². The first-order valence-electron chi connectivity index (χ1n) is 4.16. The van der Waals surface area contributed by atoms with Gasteiger partial charge in [-0.15, -0.1) is 0 Å². The highest BCUT2D eigenvalue weighted by atomic mass is 16.1. The Kier molecular flexibility index (Phi) is 2.02. The average Bonchev–Trinajstić information content (AvgIpc) is 2.61. The van der Waals surface area contributed by atoms with Crippen molar-refractivity contribution in [2.75, 3.05) is 0 Å². The molecule has 0 aliphatic rings. The van der Waals surface area contributed by atoms with Gasteiger partial charge in [0.05, 0.1) is 17.4 Å². The number of benzene rings is 1. The van der Waals surface area contributed by atoms with E-state index in [4.69, 9.17) is 5.73 Å². The Morgan fingerprint density at radius 2 is 2.36 bits per heavy atom. The number of primary amides is 1. The third kappa shape index (κ3) is 1.64. The van der Waals surface area contributed by atoms with Crippen LogP contribution in [0.5, 0.6) is 0 Å². The van der Waals surface area contributed by atoms with Crippen molar-refractivity contribution < 1.29 is 4.79 Å². The molecule has 1 heterocycles. The standard InChI is InChI=1S/C10H9N3O/c11-10(14)4-2-7-1-3-8-9(5-7)13-6-12-8/h1-6H,(H2,11,14)(H,12,13). The first-order valence-corrected chi connectivity index (χ1v) is 4.16. The quantitative estimate of drug-likeness (QED) is 0.690. The normalized spacial score (nSPS) is 11.1. The Hall–Kier alpha value is -2.10. The number of nitrogens with two attached hydrogens (primary N) is 1. The lowest BCUT2D eigenvalue weighted by molar-refractivity contribution is -0.113. The summed E-state index contributed by atoms with van der Waals surface area (Å²) >= 11 is 0. The zero-order valence-corrected chi connectivity index (χ0v) is 7.40. The van der Waals surface area contributed by atoms with Crippen molar-refractivity contribution in [2.45, 2.75) is 0 Å². The minimum absolute atomic E-state index is 0.452. The van der Waals surface area contributed by atoms with Gasteiger partial charge in [0.25, 0.3) is 0 Å². The van der Waals surface area contributed by atoms with E-state index < -0.39 is 5.91 Å². The summed E-state index contributed by atoms with van der Waals surface area (Å²) in [5.41, 5.74) is 7.74. The van der Waals surface area contributed by atoms with Crippen molar-refractivity contribution in [3.8, 4) is 0 Å². The maximum Gasteiger partial charge on any atom is 0.241 e. The van der Waals surface area contributed by atoms with Crippen LogP contribution in [0.2, 0.25) is 0 Å². The molecule has 0 fully saturated rings. The molecule has 1 aromatic heterocycles. The molecule has 3 N–H and O–H groups in total. The largest absolute Gasteiger partial charge is 0.366 e. The number of rotatable bonds is 2. The molecule has 0 spiro atoms. The molecule has 14 heavy (non-hydrogen) atoms. The highest BCUT2D eigenvalue weighted by Gasteiger charge is 1.95. The first-order chi connectivity index (χ1) is 6.75. The summed E-state index contributed by atoms with van der Waals surface area (Å²) < 4.78 is 0. The maximum atomic E-state index is 10.5. The van der Waals surface area contributed by atoms with Crippen molar-refractivity contribution in [1.82, 2.24) is 9.97 Å². The van der Waals surface area contributed by atoms with Crippen LogP contribution in [0.15, 0.2) is 30.6 Å². The summed E-state index contributed by atoms with van der Waals surface area (Å²) in [6.07, 6.45) is 4.62. The zero-order valence-electron chi connectivity index (χ0n) is 7.40. The number of amides is 1. The van der Waals surface area contributed by atoms with Crippen molar-refractivity contribution in [3.05, 3.63) is 36.2 Å². The second-order valence-electron chi connectivity index (χ2n) is 2.91. The molecule has 4 nitrogen and oxygen atoms in total. The van der Waals surface area contributed by atoms with Crippen LogP contribution >= 0.6 is 0 Å². The molecule has 0 saturated carbocycles. The second kappa shape index (κ2) is 3.33. The Bertz CT molecular complexity index is 499. The van der Waals surface area contributed by atoms with Crippen molar-refractivity contribution in [1.29, 1.82) is 0 Å². The molecule has 0 bridgehead atoms. The topological polar surface area (TPSA) is 71.8 Å². The fourth-order valence-electron chi connectivity index (χ4n) is 1.23. The van der Waals surface area contributed by atoms with Crippen molar-refractivity contribution in [2.24, 2.45) is 5.73 Å². The number of nitrogens with zero attached hydrogens (tertiary/aromatic N) is 1. The molecule has 0 radical (unpaired) electrons. The average molecular weight is 187 g/mol. The van der Waals surface area contributed by atoms with Gasteiger partial charge in [0.1, 0.15) is 0 Å². The Balaban J connectivity index is 2.39. The molecule has 4 heteroatoms. The summed E-state index contributed by atoms with van der Waals surface area (Å²) in [5, 5.41) is 0. The van der Waals surface area contributed by atoms with Gasteiger partial charge in [-0.05, 0) is 23.8 Å². The molecule has 1 aromatic carbocycles. The maximum absolute atomic E-state index is 10.5. The van der Waals surface area contributed by atoms with Crippen LogP contribution in [0.25, 0.3) is 17.1 Å². The number of hydrogen-bond acceptors (Lipinski definition) is 2. The van der Waals surface area contributed by atoms with Gasteiger partial charge in [-0.3, -0.25) is 4.79 Å². The molecule has 1 amide bonds. The number of fused-ring (bicyclic) bond motifs is 1. The number of carbonyl (C=O) groups is 1. The van der Waals surface area contributed by atoms with E-state index in [0.29, 0.717) is 0 Å². The lowest BCUT2D eigenvalue weighted by Gasteiger charge is -1.92. The number of H-pyrrole nitrogens is 1. The van der Waals surface area contributed by atoms with Crippen molar-refractivity contribution >= 4 is 23.0 Å². The predicted octanol–water partition coefficient (Wildman–Crippen LogP) is 1.06. The zero-order chi connectivity index (χ0) is 9.97. The van der Waals surface area contributed by atoms with Gasteiger partial charge < -0.3 is 10.7 Å². The summed E-state index contributed by atoms with van der Waals surface area (Å²) in [5.74, 6) is -0.452. The fourth-order valence-corrected chi connectivity index (χ4v) is 1.23. The first kappa shape index (κ1) is 8.50. The van der Waals surface area contributed by atoms with Gasteiger partial charge >= 0.3 is 0 Å². The number of carbonyl (C=O) groups excluding carboxylic acids is 1. The van der Waals surface area contributed by atoms with E-state index in [-0.39, 0.29) is 0 Å². The van der Waals surface area contributed by atoms with E-state index in [1.54, 1.807) is 12.4 Å². The molecule has 0 saturated heterocycles. The van der Waals surface area contributed by atoms with Crippen LogP contribution in [0.3, 0.4) is 0 Å². The smallest absolute Gasteiger partial charge is 0.241 e. The molecule has 2 aromatic rings. The van der Waals surface area contributed by atoms with E-state index in [2.05, 4.69) is 9.97 Å². The molecular weight excluding hydrogens is 178 g/mol. The van der Waals surface area contributed by atoms with Gasteiger partial charge in [-0.25, -0.2) is 4.98 Å². The van der Waals surface area contributed by atoms with E-state index in [1.807, 2.05) is 18.2 Å². The highest BCUT2D eigenvalue weighted by molar-refractivity contribution is 5.91.